The molecule has 32 heavy (non-hydrogen) atoms. The monoisotopic (exact) mass is 435 g/mol. The summed E-state index contributed by atoms with van der Waals surface area (Å²) in [5.41, 5.74) is 8.84. The molecule has 6 nitrogen and oxygen atoms in total. The Hall–Kier alpha value is -4.07. The second-order valence-corrected chi connectivity index (χ2v) is 7.28. The molecule has 0 radical (unpaired) electrons. The maximum atomic E-state index is 14.8. The first-order chi connectivity index (χ1) is 15.2. The molecule has 0 bridgehead atoms. The van der Waals surface area contributed by atoms with Gasteiger partial charge in [-0.3, -0.25) is 10.2 Å². The molecule has 164 valence electrons. The van der Waals surface area contributed by atoms with Crippen LogP contribution in [0.2, 0.25) is 0 Å². The van der Waals surface area contributed by atoms with Crippen LogP contribution in [0.4, 0.5) is 25.8 Å². The van der Waals surface area contributed by atoms with Gasteiger partial charge in [0, 0.05) is 41.5 Å². The van der Waals surface area contributed by atoms with Gasteiger partial charge in [0.05, 0.1) is 11.3 Å². The molecule has 0 saturated carbocycles. The summed E-state index contributed by atoms with van der Waals surface area (Å²) in [5, 5.41) is 21.0. The van der Waals surface area contributed by atoms with E-state index >= 15 is 0 Å². The molecule has 0 heterocycles. The molecule has 0 aromatic heterocycles. The van der Waals surface area contributed by atoms with Gasteiger partial charge < -0.3 is 21.8 Å². The van der Waals surface area contributed by atoms with E-state index in [2.05, 4.69) is 10.6 Å². The summed E-state index contributed by atoms with van der Waals surface area (Å²) >= 11 is 0. The molecule has 8 heteroatoms. The van der Waals surface area contributed by atoms with Crippen LogP contribution in [0.5, 0.6) is 0 Å². The quantitative estimate of drug-likeness (QED) is 0.281. The number of aryl methyl sites for hydroxylation is 1. The van der Waals surface area contributed by atoms with Crippen molar-refractivity contribution < 1.29 is 13.6 Å². The lowest BCUT2D eigenvalue weighted by atomic mass is 9.94. The summed E-state index contributed by atoms with van der Waals surface area (Å²) in [4.78, 5) is 12.7. The van der Waals surface area contributed by atoms with Crippen LogP contribution in [0.25, 0.3) is 0 Å². The van der Waals surface area contributed by atoms with Gasteiger partial charge in [0.1, 0.15) is 17.2 Å². The molecule has 3 rings (SSSR count). The molecule has 0 fully saturated rings. The molecule has 0 spiro atoms. The molecule has 3 aromatic carbocycles. The van der Waals surface area contributed by atoms with Crippen LogP contribution in [0, 0.1) is 36.3 Å². The summed E-state index contributed by atoms with van der Waals surface area (Å²) < 4.78 is 29.2. The second kappa shape index (κ2) is 8.97. The number of amides is 1. The van der Waals surface area contributed by atoms with Gasteiger partial charge in [-0.25, -0.2) is 8.78 Å². The van der Waals surface area contributed by atoms with Gasteiger partial charge in [-0.2, -0.15) is 0 Å². The van der Waals surface area contributed by atoms with Crippen molar-refractivity contribution in [3.05, 3.63) is 87.5 Å². The number of carbonyl (C=O) groups excluding carboxylic acids is 1. The van der Waals surface area contributed by atoms with Gasteiger partial charge in [0.15, 0.2) is 0 Å². The van der Waals surface area contributed by atoms with Crippen molar-refractivity contribution in [1.82, 2.24) is 0 Å². The van der Waals surface area contributed by atoms with Crippen LogP contribution in [-0.4, -0.2) is 24.9 Å². The Bertz CT molecular complexity index is 1250. The van der Waals surface area contributed by atoms with E-state index in [1.165, 1.54) is 25.2 Å². The third kappa shape index (κ3) is 4.07. The fourth-order valence-corrected chi connectivity index (χ4v) is 3.40. The Morgan fingerprint density at radius 2 is 1.81 bits per heavy atom. The third-order valence-electron chi connectivity index (χ3n) is 5.35. The smallest absolute Gasteiger partial charge is 0.261 e. The lowest BCUT2D eigenvalue weighted by Gasteiger charge is -2.15. The first-order valence-electron chi connectivity index (χ1n) is 9.76. The summed E-state index contributed by atoms with van der Waals surface area (Å²) in [6, 6.07) is 11.1. The van der Waals surface area contributed by atoms with Crippen LogP contribution in [0.3, 0.4) is 0 Å². The normalized spacial score (nSPS) is 10.5. The largest absolute Gasteiger partial charge is 0.398 e. The van der Waals surface area contributed by atoms with Crippen molar-refractivity contribution >= 4 is 34.9 Å². The number of nitrogens with two attached hydrogens (primary N) is 1. The van der Waals surface area contributed by atoms with Gasteiger partial charge in [-0.1, -0.05) is 18.2 Å². The van der Waals surface area contributed by atoms with Gasteiger partial charge in [0.2, 0.25) is 0 Å². The number of halogens is 2. The number of benzene rings is 3. The van der Waals surface area contributed by atoms with Gasteiger partial charge in [-0.15, -0.1) is 0 Å². The van der Waals surface area contributed by atoms with Crippen molar-refractivity contribution in [3.8, 4) is 0 Å². The number of rotatable bonds is 6. The highest BCUT2D eigenvalue weighted by Gasteiger charge is 2.23. The average Bonchev–Trinajstić information content (AvgIpc) is 2.76. The standard InChI is InChI=1S/C24H23F2N5O/c1-12-5-4-6-15(13(12)2)23(29)16-9-14(7-8-19(16)28)31-24(32)21-18(25)10-20(30-3)17(11-27)22(21)26/h4-11,27,29-30H,28H2,1-3H3,(H,31,32). The molecule has 0 saturated heterocycles. The minimum Gasteiger partial charge on any atom is -0.398 e. The summed E-state index contributed by atoms with van der Waals surface area (Å²) in [7, 11) is 1.46. The summed E-state index contributed by atoms with van der Waals surface area (Å²) in [6.45, 7) is 3.85. The zero-order valence-corrected chi connectivity index (χ0v) is 17.9. The predicted molar refractivity (Wildman–Crippen MR) is 124 cm³/mol. The highest BCUT2D eigenvalue weighted by Crippen LogP contribution is 2.27. The third-order valence-corrected chi connectivity index (χ3v) is 5.35. The Kier molecular flexibility index (Phi) is 6.34. The van der Waals surface area contributed by atoms with E-state index in [1.54, 1.807) is 0 Å². The fourth-order valence-electron chi connectivity index (χ4n) is 3.40. The van der Waals surface area contributed by atoms with Crippen molar-refractivity contribution in [2.24, 2.45) is 0 Å². The predicted octanol–water partition coefficient (Wildman–Crippen LogP) is 4.87. The van der Waals surface area contributed by atoms with E-state index in [0.717, 1.165) is 17.2 Å². The van der Waals surface area contributed by atoms with Crippen LogP contribution >= 0.6 is 0 Å². The summed E-state index contributed by atoms with van der Waals surface area (Å²) in [6.07, 6.45) is 0.713. The molecule has 0 unspecified atom stereocenters. The highest BCUT2D eigenvalue weighted by atomic mass is 19.1. The van der Waals surface area contributed by atoms with Crippen LogP contribution in [0.1, 0.15) is 38.2 Å². The van der Waals surface area contributed by atoms with E-state index in [9.17, 15) is 13.6 Å². The van der Waals surface area contributed by atoms with E-state index in [0.29, 0.717) is 23.0 Å². The summed E-state index contributed by atoms with van der Waals surface area (Å²) in [5.74, 6) is -3.21. The lowest BCUT2D eigenvalue weighted by Crippen LogP contribution is -2.18. The van der Waals surface area contributed by atoms with E-state index in [-0.39, 0.29) is 22.6 Å². The Labute approximate surface area is 184 Å². The minimum atomic E-state index is -1.14. The highest BCUT2D eigenvalue weighted by molar-refractivity contribution is 6.15. The maximum Gasteiger partial charge on any atom is 0.261 e. The molecule has 1 amide bonds. The topological polar surface area (TPSA) is 115 Å². The molecule has 0 aliphatic carbocycles. The molecule has 6 N–H and O–H groups in total. The molecule has 0 atom stereocenters. The fraction of sp³-hybridized carbons (Fsp3) is 0.125. The SMILES string of the molecule is CNc1cc(F)c(C(=O)Nc2ccc(N)c(C(=N)c3cccc(C)c3C)c2)c(F)c1C=N. The van der Waals surface area contributed by atoms with Gasteiger partial charge >= 0.3 is 0 Å². The Morgan fingerprint density at radius 1 is 1.09 bits per heavy atom. The number of carbonyl (C=O) groups is 1. The van der Waals surface area contributed by atoms with Crippen molar-refractivity contribution in [3.63, 3.8) is 0 Å². The molecule has 0 aliphatic heterocycles. The minimum absolute atomic E-state index is 0.0586. The van der Waals surface area contributed by atoms with Gasteiger partial charge in [-0.05, 0) is 49.2 Å². The average molecular weight is 435 g/mol. The first kappa shape index (κ1) is 22.6. The number of anilines is 3. The van der Waals surface area contributed by atoms with Crippen molar-refractivity contribution in [1.29, 1.82) is 10.8 Å². The van der Waals surface area contributed by atoms with Crippen LogP contribution < -0.4 is 16.4 Å². The molecular weight excluding hydrogens is 412 g/mol. The Morgan fingerprint density at radius 3 is 2.47 bits per heavy atom. The number of nitrogen functional groups attached to an aromatic ring is 1. The van der Waals surface area contributed by atoms with Crippen molar-refractivity contribution in [2.75, 3.05) is 23.4 Å². The van der Waals surface area contributed by atoms with Crippen LogP contribution in [-0.2, 0) is 0 Å². The second-order valence-electron chi connectivity index (χ2n) is 7.28. The molecular formula is C24H23F2N5O. The van der Waals surface area contributed by atoms with E-state index < -0.39 is 23.1 Å². The number of nitrogens with one attached hydrogen (secondary N) is 4. The van der Waals surface area contributed by atoms with E-state index in [1.807, 2.05) is 32.0 Å². The lowest BCUT2D eigenvalue weighted by molar-refractivity contribution is 0.101. The van der Waals surface area contributed by atoms with Crippen LogP contribution in [0.15, 0.2) is 42.5 Å². The van der Waals surface area contributed by atoms with Gasteiger partial charge in [0.25, 0.3) is 5.91 Å². The van der Waals surface area contributed by atoms with Crippen molar-refractivity contribution in [2.45, 2.75) is 13.8 Å². The number of hydrogen-bond acceptors (Lipinski definition) is 5. The Balaban J connectivity index is 1.98. The first-order valence-corrected chi connectivity index (χ1v) is 9.76. The molecule has 0 aliphatic rings. The molecule has 3 aromatic rings. The maximum absolute atomic E-state index is 14.8. The van der Waals surface area contributed by atoms with E-state index in [4.69, 9.17) is 16.6 Å². The number of hydrogen-bond donors (Lipinski definition) is 5. The zero-order chi connectivity index (χ0) is 23.6. The zero-order valence-electron chi connectivity index (χ0n) is 17.9.